The Bertz CT molecular complexity index is 680. The summed E-state index contributed by atoms with van der Waals surface area (Å²) in [5, 5.41) is 2.35. The number of halogens is 4. The maximum atomic E-state index is 13.5. The van der Waals surface area contributed by atoms with Crippen molar-refractivity contribution in [2.45, 2.75) is 0 Å². The summed E-state index contributed by atoms with van der Waals surface area (Å²) in [6.45, 7) is -0.423. The third-order valence-corrected chi connectivity index (χ3v) is 3.44. The van der Waals surface area contributed by atoms with Crippen molar-refractivity contribution in [2.75, 3.05) is 11.9 Å². The Morgan fingerprint density at radius 2 is 1.67 bits per heavy atom. The van der Waals surface area contributed by atoms with Gasteiger partial charge in [-0.25, -0.2) is 8.78 Å². The molecule has 3 nitrogen and oxygen atoms in total. The second-order valence-electron chi connectivity index (χ2n) is 4.04. The van der Waals surface area contributed by atoms with Gasteiger partial charge in [-0.15, -0.1) is 0 Å². The maximum absolute atomic E-state index is 13.5. The molecule has 7 heteroatoms. The fourth-order valence-corrected chi connectivity index (χ4v) is 2.18. The zero-order valence-electron chi connectivity index (χ0n) is 10.5. The molecule has 0 heterocycles. The molecular formula is C14H9Br2F2NO2. The highest BCUT2D eigenvalue weighted by molar-refractivity contribution is 9.10. The summed E-state index contributed by atoms with van der Waals surface area (Å²) in [4.78, 5) is 11.7. The first-order valence-electron chi connectivity index (χ1n) is 5.78. The van der Waals surface area contributed by atoms with Crippen LogP contribution in [0, 0.1) is 11.6 Å². The lowest BCUT2D eigenvalue weighted by molar-refractivity contribution is -0.118. The van der Waals surface area contributed by atoms with Crippen molar-refractivity contribution in [2.24, 2.45) is 0 Å². The lowest BCUT2D eigenvalue weighted by Gasteiger charge is -2.09. The van der Waals surface area contributed by atoms with E-state index in [1.165, 1.54) is 24.3 Å². The van der Waals surface area contributed by atoms with Gasteiger partial charge in [0.1, 0.15) is 5.82 Å². The molecule has 0 spiro atoms. The summed E-state index contributed by atoms with van der Waals surface area (Å²) in [6.07, 6.45) is 0. The van der Waals surface area contributed by atoms with E-state index in [-0.39, 0.29) is 11.4 Å². The van der Waals surface area contributed by atoms with Crippen LogP contribution in [0.3, 0.4) is 0 Å². The summed E-state index contributed by atoms with van der Waals surface area (Å²) in [5.41, 5.74) is 0.0306. The van der Waals surface area contributed by atoms with Gasteiger partial charge in [-0.3, -0.25) is 4.79 Å². The molecule has 0 unspecified atom stereocenters. The van der Waals surface area contributed by atoms with Crippen LogP contribution in [0.25, 0.3) is 0 Å². The topological polar surface area (TPSA) is 38.3 Å². The molecule has 0 aliphatic carbocycles. The molecule has 0 bridgehead atoms. The van der Waals surface area contributed by atoms with Crippen LogP contribution in [0.1, 0.15) is 0 Å². The minimum atomic E-state index is -0.591. The van der Waals surface area contributed by atoms with Crippen LogP contribution in [-0.4, -0.2) is 12.5 Å². The van der Waals surface area contributed by atoms with Gasteiger partial charge in [0, 0.05) is 8.95 Å². The molecule has 2 rings (SSSR count). The first-order valence-corrected chi connectivity index (χ1v) is 7.37. The first kappa shape index (κ1) is 15.9. The molecule has 0 saturated carbocycles. The Morgan fingerprint density at radius 3 is 2.29 bits per heavy atom. The zero-order valence-corrected chi connectivity index (χ0v) is 13.7. The Hall–Kier alpha value is -1.47. The monoisotopic (exact) mass is 419 g/mol. The maximum Gasteiger partial charge on any atom is 0.262 e. The summed E-state index contributed by atoms with van der Waals surface area (Å²) < 4.78 is 33.2. The number of rotatable bonds is 4. The molecular weight excluding hydrogens is 412 g/mol. The van der Waals surface area contributed by atoms with Crippen molar-refractivity contribution in [3.63, 3.8) is 0 Å². The Kier molecular flexibility index (Phi) is 5.30. The van der Waals surface area contributed by atoms with Gasteiger partial charge in [0.25, 0.3) is 5.91 Å². The molecule has 2 aromatic carbocycles. The Labute approximate surface area is 136 Å². The molecule has 0 aliphatic rings. The number of hydrogen-bond acceptors (Lipinski definition) is 2. The average Bonchev–Trinajstić information content (AvgIpc) is 2.41. The molecule has 1 amide bonds. The summed E-state index contributed by atoms with van der Waals surface area (Å²) >= 11 is 6.23. The third-order valence-electron chi connectivity index (χ3n) is 2.46. The number of ether oxygens (including phenoxy) is 1. The number of anilines is 1. The highest BCUT2D eigenvalue weighted by Gasteiger charge is 2.10. The Morgan fingerprint density at radius 1 is 1.05 bits per heavy atom. The van der Waals surface area contributed by atoms with Gasteiger partial charge < -0.3 is 10.1 Å². The van der Waals surface area contributed by atoms with Gasteiger partial charge in [0.2, 0.25) is 0 Å². The van der Waals surface area contributed by atoms with Gasteiger partial charge >= 0.3 is 0 Å². The van der Waals surface area contributed by atoms with Gasteiger partial charge in [-0.2, -0.15) is 0 Å². The van der Waals surface area contributed by atoms with E-state index in [9.17, 15) is 13.6 Å². The highest BCUT2D eigenvalue weighted by atomic mass is 79.9. The molecule has 0 radical (unpaired) electrons. The van der Waals surface area contributed by atoms with Gasteiger partial charge in [0.15, 0.2) is 18.2 Å². The van der Waals surface area contributed by atoms with Gasteiger partial charge in [-0.05, 0) is 36.4 Å². The van der Waals surface area contributed by atoms with Crippen molar-refractivity contribution >= 4 is 43.5 Å². The van der Waals surface area contributed by atoms with E-state index in [2.05, 4.69) is 37.2 Å². The average molecular weight is 421 g/mol. The van der Waals surface area contributed by atoms with Crippen LogP contribution >= 0.6 is 31.9 Å². The van der Waals surface area contributed by atoms with E-state index >= 15 is 0 Å². The molecule has 0 saturated heterocycles. The molecule has 0 atom stereocenters. The fraction of sp³-hybridized carbons (Fsp3) is 0.0714. The van der Waals surface area contributed by atoms with E-state index in [4.69, 9.17) is 4.74 Å². The number of nitrogens with one attached hydrogen (secondary N) is 1. The van der Waals surface area contributed by atoms with Crippen LogP contribution < -0.4 is 10.1 Å². The fourth-order valence-electron chi connectivity index (χ4n) is 1.51. The van der Waals surface area contributed by atoms with Crippen molar-refractivity contribution in [1.29, 1.82) is 0 Å². The summed E-state index contributed by atoms with van der Waals surface area (Å²) in [5.74, 6) is -1.80. The molecule has 21 heavy (non-hydrogen) atoms. The third kappa shape index (κ3) is 4.50. The summed E-state index contributed by atoms with van der Waals surface area (Å²) in [6, 6.07) is 8.44. The summed E-state index contributed by atoms with van der Waals surface area (Å²) in [7, 11) is 0. The normalized spacial score (nSPS) is 10.3. The number of benzene rings is 2. The molecule has 0 aromatic heterocycles. The Balaban J connectivity index is 1.96. The van der Waals surface area contributed by atoms with Crippen LogP contribution in [-0.2, 0) is 4.79 Å². The van der Waals surface area contributed by atoms with Crippen molar-refractivity contribution in [3.05, 3.63) is 57.0 Å². The number of hydrogen-bond donors (Lipinski definition) is 1. The minimum absolute atomic E-state index is 0.0306. The second kappa shape index (κ2) is 7.00. The molecule has 110 valence electrons. The SMILES string of the molecule is O=C(COc1ccc(Br)cc1F)Nc1ccc(Br)cc1F. The largest absolute Gasteiger partial charge is 0.481 e. The standard InChI is InChI=1S/C14H9Br2F2NO2/c15-8-1-3-12(10(17)5-8)19-14(20)7-21-13-4-2-9(16)6-11(13)18/h1-6H,7H2,(H,19,20). The second-order valence-corrected chi connectivity index (χ2v) is 5.87. The number of carbonyl (C=O) groups excluding carboxylic acids is 1. The zero-order chi connectivity index (χ0) is 15.4. The van der Waals surface area contributed by atoms with Crippen LogP contribution in [0.4, 0.5) is 14.5 Å². The quantitative estimate of drug-likeness (QED) is 0.790. The van der Waals surface area contributed by atoms with Crippen molar-refractivity contribution in [3.8, 4) is 5.75 Å². The van der Waals surface area contributed by atoms with Crippen LogP contribution in [0.15, 0.2) is 45.3 Å². The number of carbonyl (C=O) groups is 1. The van der Waals surface area contributed by atoms with E-state index in [0.29, 0.717) is 8.95 Å². The predicted molar refractivity (Wildman–Crippen MR) is 82.3 cm³/mol. The van der Waals surface area contributed by atoms with E-state index < -0.39 is 24.1 Å². The molecule has 1 N–H and O–H groups in total. The van der Waals surface area contributed by atoms with Crippen molar-refractivity contribution in [1.82, 2.24) is 0 Å². The molecule has 0 fully saturated rings. The van der Waals surface area contributed by atoms with Gasteiger partial charge in [-0.1, -0.05) is 31.9 Å². The lowest BCUT2D eigenvalue weighted by atomic mass is 10.3. The van der Waals surface area contributed by atoms with E-state index in [1.807, 2.05) is 0 Å². The number of amides is 1. The molecule has 2 aromatic rings. The van der Waals surface area contributed by atoms with Crippen LogP contribution in [0.2, 0.25) is 0 Å². The first-order chi connectivity index (χ1) is 9.95. The van der Waals surface area contributed by atoms with E-state index in [1.54, 1.807) is 12.1 Å². The smallest absolute Gasteiger partial charge is 0.262 e. The van der Waals surface area contributed by atoms with Crippen LogP contribution in [0.5, 0.6) is 5.75 Å². The lowest BCUT2D eigenvalue weighted by Crippen LogP contribution is -2.21. The van der Waals surface area contributed by atoms with E-state index in [0.717, 1.165) is 0 Å². The molecule has 0 aliphatic heterocycles. The van der Waals surface area contributed by atoms with Crippen molar-refractivity contribution < 1.29 is 18.3 Å². The highest BCUT2D eigenvalue weighted by Crippen LogP contribution is 2.22. The van der Waals surface area contributed by atoms with Gasteiger partial charge in [0.05, 0.1) is 5.69 Å². The predicted octanol–water partition coefficient (Wildman–Crippen LogP) is 4.51. The minimum Gasteiger partial charge on any atom is -0.481 e.